The first-order valence-electron chi connectivity index (χ1n) is 7.41. The van der Waals surface area contributed by atoms with Crippen LogP contribution in [0.4, 0.5) is 11.6 Å². The van der Waals surface area contributed by atoms with Crippen molar-refractivity contribution >= 4 is 11.6 Å². The van der Waals surface area contributed by atoms with Crippen LogP contribution in [-0.2, 0) is 19.9 Å². The molecule has 6 nitrogen and oxygen atoms in total. The summed E-state index contributed by atoms with van der Waals surface area (Å²) in [5.74, 6) is 2.70. The zero-order valence-electron chi connectivity index (χ0n) is 13.3. The van der Waals surface area contributed by atoms with E-state index in [1.807, 2.05) is 38.0 Å². The summed E-state index contributed by atoms with van der Waals surface area (Å²) in [6, 6.07) is 2.04. The van der Waals surface area contributed by atoms with Crippen LogP contribution in [0.25, 0.3) is 0 Å². The van der Waals surface area contributed by atoms with E-state index in [-0.39, 0.29) is 0 Å². The minimum Gasteiger partial charge on any atom is -0.373 e. The van der Waals surface area contributed by atoms with E-state index in [4.69, 9.17) is 0 Å². The third-order valence-corrected chi connectivity index (χ3v) is 3.50. The van der Waals surface area contributed by atoms with Crippen molar-refractivity contribution in [3.05, 3.63) is 29.3 Å². The zero-order valence-corrected chi connectivity index (χ0v) is 13.3. The second-order valence-corrected chi connectivity index (χ2v) is 5.08. The van der Waals surface area contributed by atoms with Gasteiger partial charge in [-0.05, 0) is 19.4 Å². The molecule has 0 fully saturated rings. The van der Waals surface area contributed by atoms with Crippen molar-refractivity contribution in [1.82, 2.24) is 19.7 Å². The SMILES string of the molecule is CCCc1nc(NC)c(C)c(NCCc2ccnn2C)n1. The van der Waals surface area contributed by atoms with Crippen LogP contribution in [-0.4, -0.2) is 33.3 Å². The summed E-state index contributed by atoms with van der Waals surface area (Å²) in [5, 5.41) is 10.7. The molecule has 0 unspecified atom stereocenters. The van der Waals surface area contributed by atoms with E-state index in [0.717, 1.165) is 48.8 Å². The maximum absolute atomic E-state index is 4.63. The smallest absolute Gasteiger partial charge is 0.134 e. The summed E-state index contributed by atoms with van der Waals surface area (Å²) in [6.07, 6.45) is 4.67. The van der Waals surface area contributed by atoms with Crippen LogP contribution >= 0.6 is 0 Å². The Hall–Kier alpha value is -2.11. The molecule has 0 radical (unpaired) electrons. The van der Waals surface area contributed by atoms with E-state index in [1.165, 1.54) is 5.69 Å². The standard InChI is InChI=1S/C15H24N6/c1-5-6-13-19-14(16-3)11(2)15(20-13)17-9-7-12-8-10-18-21(12)4/h8,10H,5-7,9H2,1-4H3,(H2,16,17,19,20). The number of rotatable bonds is 7. The van der Waals surface area contributed by atoms with Crippen LogP contribution < -0.4 is 10.6 Å². The van der Waals surface area contributed by atoms with Gasteiger partial charge in [-0.25, -0.2) is 9.97 Å². The minimum atomic E-state index is 0.826. The van der Waals surface area contributed by atoms with Gasteiger partial charge in [-0.3, -0.25) is 4.68 Å². The molecular formula is C15H24N6. The molecular weight excluding hydrogens is 264 g/mol. The van der Waals surface area contributed by atoms with Gasteiger partial charge in [0.2, 0.25) is 0 Å². The van der Waals surface area contributed by atoms with Crippen molar-refractivity contribution in [3.8, 4) is 0 Å². The first-order valence-corrected chi connectivity index (χ1v) is 7.41. The molecule has 2 aromatic heterocycles. The fourth-order valence-corrected chi connectivity index (χ4v) is 2.27. The maximum Gasteiger partial charge on any atom is 0.134 e. The second kappa shape index (κ2) is 7.06. The normalized spacial score (nSPS) is 10.7. The van der Waals surface area contributed by atoms with Crippen molar-refractivity contribution in [3.63, 3.8) is 0 Å². The van der Waals surface area contributed by atoms with E-state index in [9.17, 15) is 0 Å². The molecule has 21 heavy (non-hydrogen) atoms. The van der Waals surface area contributed by atoms with Crippen molar-refractivity contribution in [2.24, 2.45) is 7.05 Å². The molecule has 2 aromatic rings. The number of aryl methyl sites for hydroxylation is 2. The second-order valence-electron chi connectivity index (χ2n) is 5.08. The zero-order chi connectivity index (χ0) is 15.2. The molecule has 2 rings (SSSR count). The number of anilines is 2. The molecule has 114 valence electrons. The topological polar surface area (TPSA) is 67.7 Å². The van der Waals surface area contributed by atoms with Crippen molar-refractivity contribution in [1.29, 1.82) is 0 Å². The lowest BCUT2D eigenvalue weighted by atomic mass is 10.2. The van der Waals surface area contributed by atoms with E-state index in [1.54, 1.807) is 0 Å². The van der Waals surface area contributed by atoms with Gasteiger partial charge in [0.1, 0.15) is 17.5 Å². The Bertz CT molecular complexity index is 590. The number of nitrogens with one attached hydrogen (secondary N) is 2. The predicted octanol–water partition coefficient (Wildman–Crippen LogP) is 2.17. The lowest BCUT2D eigenvalue weighted by Gasteiger charge is -2.13. The summed E-state index contributed by atoms with van der Waals surface area (Å²) < 4.78 is 1.90. The van der Waals surface area contributed by atoms with E-state index < -0.39 is 0 Å². The van der Waals surface area contributed by atoms with Gasteiger partial charge in [0.05, 0.1) is 0 Å². The molecule has 2 N–H and O–H groups in total. The first kappa shape index (κ1) is 15.3. The Morgan fingerprint density at radius 2 is 1.95 bits per heavy atom. The number of hydrogen-bond acceptors (Lipinski definition) is 5. The van der Waals surface area contributed by atoms with Gasteiger partial charge in [-0.15, -0.1) is 0 Å². The highest BCUT2D eigenvalue weighted by molar-refractivity contribution is 5.57. The summed E-state index contributed by atoms with van der Waals surface area (Å²) in [4.78, 5) is 9.16. The van der Waals surface area contributed by atoms with Crippen LogP contribution in [0.3, 0.4) is 0 Å². The molecule has 0 spiro atoms. The van der Waals surface area contributed by atoms with Gasteiger partial charge in [0.15, 0.2) is 0 Å². The summed E-state index contributed by atoms with van der Waals surface area (Å²) in [7, 11) is 3.86. The Labute approximate surface area is 126 Å². The largest absolute Gasteiger partial charge is 0.373 e. The monoisotopic (exact) mass is 288 g/mol. The van der Waals surface area contributed by atoms with E-state index in [2.05, 4.69) is 32.6 Å². The van der Waals surface area contributed by atoms with Crippen molar-refractivity contribution in [2.45, 2.75) is 33.1 Å². The highest BCUT2D eigenvalue weighted by atomic mass is 15.3. The Morgan fingerprint density at radius 3 is 2.57 bits per heavy atom. The maximum atomic E-state index is 4.63. The van der Waals surface area contributed by atoms with Crippen LogP contribution in [0, 0.1) is 6.92 Å². The lowest BCUT2D eigenvalue weighted by Crippen LogP contribution is -2.13. The molecule has 0 saturated heterocycles. The predicted molar refractivity (Wildman–Crippen MR) is 85.7 cm³/mol. The summed E-state index contributed by atoms with van der Waals surface area (Å²) in [5.41, 5.74) is 2.26. The van der Waals surface area contributed by atoms with E-state index in [0.29, 0.717) is 0 Å². The summed E-state index contributed by atoms with van der Waals surface area (Å²) in [6.45, 7) is 5.00. The molecule has 0 aliphatic heterocycles. The molecule has 0 aromatic carbocycles. The van der Waals surface area contributed by atoms with Crippen LogP contribution in [0.2, 0.25) is 0 Å². The van der Waals surface area contributed by atoms with Gasteiger partial charge >= 0.3 is 0 Å². The molecule has 0 saturated carbocycles. The third kappa shape index (κ3) is 3.71. The average molecular weight is 288 g/mol. The highest BCUT2D eigenvalue weighted by Gasteiger charge is 2.09. The van der Waals surface area contributed by atoms with Gasteiger partial charge in [-0.1, -0.05) is 6.92 Å². The fourth-order valence-electron chi connectivity index (χ4n) is 2.27. The molecule has 0 aliphatic carbocycles. The van der Waals surface area contributed by atoms with Gasteiger partial charge in [-0.2, -0.15) is 5.10 Å². The van der Waals surface area contributed by atoms with Crippen molar-refractivity contribution in [2.75, 3.05) is 24.2 Å². The van der Waals surface area contributed by atoms with Gasteiger partial charge in [0.25, 0.3) is 0 Å². The van der Waals surface area contributed by atoms with Crippen LogP contribution in [0.5, 0.6) is 0 Å². The highest BCUT2D eigenvalue weighted by Crippen LogP contribution is 2.20. The molecule has 0 amide bonds. The molecule has 6 heteroatoms. The quantitative estimate of drug-likeness (QED) is 0.817. The Morgan fingerprint density at radius 1 is 1.19 bits per heavy atom. The minimum absolute atomic E-state index is 0.826. The third-order valence-electron chi connectivity index (χ3n) is 3.50. The lowest BCUT2D eigenvalue weighted by molar-refractivity contribution is 0.710. The number of aromatic nitrogens is 4. The summed E-state index contributed by atoms with van der Waals surface area (Å²) >= 11 is 0. The molecule has 0 atom stereocenters. The average Bonchev–Trinajstić information content (AvgIpc) is 2.88. The van der Waals surface area contributed by atoms with Crippen LogP contribution in [0.1, 0.15) is 30.4 Å². The van der Waals surface area contributed by atoms with Crippen LogP contribution in [0.15, 0.2) is 12.3 Å². The number of nitrogens with zero attached hydrogens (tertiary/aromatic N) is 4. The molecule has 2 heterocycles. The Balaban J connectivity index is 2.07. The number of hydrogen-bond donors (Lipinski definition) is 2. The Kier molecular flexibility index (Phi) is 5.14. The van der Waals surface area contributed by atoms with Gasteiger partial charge in [0, 0.05) is 50.9 Å². The first-order chi connectivity index (χ1) is 10.2. The van der Waals surface area contributed by atoms with E-state index >= 15 is 0 Å². The van der Waals surface area contributed by atoms with Gasteiger partial charge < -0.3 is 10.6 Å². The molecule has 0 aliphatic rings. The van der Waals surface area contributed by atoms with Crippen molar-refractivity contribution < 1.29 is 0 Å². The fraction of sp³-hybridized carbons (Fsp3) is 0.533. The molecule has 0 bridgehead atoms.